The standard InChI is InChI=1S/C10H13N5O.C2H6/c1-6-7(2)12-10-9(13-16-14-10)8(6)11-5-15(3)4;1-2/h5H,1-4H3;1-2H3. The fourth-order valence-electron chi connectivity index (χ4n) is 1.33. The van der Waals surface area contributed by atoms with E-state index in [2.05, 4.69) is 24.9 Å². The topological polar surface area (TPSA) is 67.4 Å². The summed E-state index contributed by atoms with van der Waals surface area (Å²) in [6.45, 7) is 7.87. The van der Waals surface area contributed by atoms with E-state index >= 15 is 0 Å². The van der Waals surface area contributed by atoms with Gasteiger partial charge in [-0.2, -0.15) is 0 Å². The summed E-state index contributed by atoms with van der Waals surface area (Å²) in [5.74, 6) is 0. The van der Waals surface area contributed by atoms with Gasteiger partial charge in [-0.05, 0) is 29.7 Å². The second-order valence-corrected chi connectivity index (χ2v) is 3.82. The molecule has 0 amide bonds. The molecule has 0 atom stereocenters. The van der Waals surface area contributed by atoms with Gasteiger partial charge in [-0.3, -0.25) is 0 Å². The van der Waals surface area contributed by atoms with Gasteiger partial charge < -0.3 is 4.90 Å². The monoisotopic (exact) mass is 249 g/mol. The average molecular weight is 249 g/mol. The van der Waals surface area contributed by atoms with Gasteiger partial charge in [0.05, 0.1) is 6.34 Å². The smallest absolute Gasteiger partial charge is 0.226 e. The van der Waals surface area contributed by atoms with Crippen molar-refractivity contribution in [2.45, 2.75) is 27.7 Å². The van der Waals surface area contributed by atoms with E-state index in [0.717, 1.165) is 16.9 Å². The number of hydrogen-bond donors (Lipinski definition) is 0. The third kappa shape index (κ3) is 2.82. The highest BCUT2D eigenvalue weighted by Crippen LogP contribution is 2.27. The zero-order chi connectivity index (χ0) is 13.7. The molecular formula is C12H19N5O. The molecule has 0 aliphatic rings. The summed E-state index contributed by atoms with van der Waals surface area (Å²) in [5, 5.41) is 7.54. The molecule has 0 spiro atoms. The number of aryl methyl sites for hydroxylation is 1. The molecule has 98 valence electrons. The predicted octanol–water partition coefficient (Wildman–Crippen LogP) is 2.48. The van der Waals surface area contributed by atoms with Gasteiger partial charge in [-0.1, -0.05) is 13.8 Å². The van der Waals surface area contributed by atoms with Gasteiger partial charge in [0.25, 0.3) is 0 Å². The summed E-state index contributed by atoms with van der Waals surface area (Å²) in [6, 6.07) is 0. The number of pyridine rings is 1. The van der Waals surface area contributed by atoms with E-state index in [1.165, 1.54) is 0 Å². The largest absolute Gasteiger partial charge is 0.369 e. The predicted molar refractivity (Wildman–Crippen MR) is 72.3 cm³/mol. The van der Waals surface area contributed by atoms with Crippen molar-refractivity contribution in [3.05, 3.63) is 11.3 Å². The normalized spacial score (nSPS) is 10.6. The second kappa shape index (κ2) is 6.09. The molecule has 2 rings (SSSR count). The minimum absolute atomic E-state index is 0.494. The SMILES string of the molecule is CC.Cc1nc2nonc2c(N=CN(C)C)c1C. The first-order valence-corrected chi connectivity index (χ1v) is 5.89. The molecule has 2 aromatic rings. The van der Waals surface area contributed by atoms with E-state index in [1.807, 2.05) is 46.7 Å². The molecule has 6 nitrogen and oxygen atoms in total. The molecule has 0 fully saturated rings. The highest BCUT2D eigenvalue weighted by Gasteiger charge is 2.12. The minimum atomic E-state index is 0.494. The molecular weight excluding hydrogens is 230 g/mol. The van der Waals surface area contributed by atoms with E-state index in [-0.39, 0.29) is 0 Å². The van der Waals surface area contributed by atoms with Crippen LogP contribution in [0.25, 0.3) is 11.2 Å². The Labute approximate surface area is 107 Å². The van der Waals surface area contributed by atoms with Crippen molar-refractivity contribution in [2.75, 3.05) is 14.1 Å². The number of nitrogens with zero attached hydrogens (tertiary/aromatic N) is 5. The molecule has 0 aliphatic heterocycles. The third-order valence-corrected chi connectivity index (χ3v) is 2.28. The van der Waals surface area contributed by atoms with Gasteiger partial charge in [0.2, 0.25) is 5.65 Å². The van der Waals surface area contributed by atoms with Crippen molar-refractivity contribution in [3.63, 3.8) is 0 Å². The Balaban J connectivity index is 0.000000771. The van der Waals surface area contributed by atoms with Crippen LogP contribution in [0.1, 0.15) is 25.1 Å². The van der Waals surface area contributed by atoms with Crippen molar-refractivity contribution < 1.29 is 4.63 Å². The minimum Gasteiger partial charge on any atom is -0.369 e. The maximum atomic E-state index is 4.67. The molecule has 0 saturated heterocycles. The lowest BCUT2D eigenvalue weighted by atomic mass is 10.2. The lowest BCUT2D eigenvalue weighted by Crippen LogP contribution is -2.07. The first-order chi connectivity index (χ1) is 8.59. The highest BCUT2D eigenvalue weighted by molar-refractivity contribution is 5.86. The Hall–Kier alpha value is -1.98. The highest BCUT2D eigenvalue weighted by atomic mass is 16.6. The van der Waals surface area contributed by atoms with Crippen LogP contribution in [0.5, 0.6) is 0 Å². The van der Waals surface area contributed by atoms with Gasteiger partial charge in [-0.15, -0.1) is 0 Å². The molecule has 0 unspecified atom stereocenters. The van der Waals surface area contributed by atoms with E-state index in [1.54, 1.807) is 6.34 Å². The van der Waals surface area contributed by atoms with E-state index in [9.17, 15) is 0 Å². The number of aliphatic imine (C=N–C) groups is 1. The number of aromatic nitrogens is 3. The van der Waals surface area contributed by atoms with Crippen molar-refractivity contribution in [2.24, 2.45) is 4.99 Å². The van der Waals surface area contributed by atoms with Crippen LogP contribution in [0.2, 0.25) is 0 Å². The van der Waals surface area contributed by atoms with Gasteiger partial charge >= 0.3 is 0 Å². The summed E-state index contributed by atoms with van der Waals surface area (Å²) in [7, 11) is 3.82. The molecule has 0 N–H and O–H groups in total. The lowest BCUT2D eigenvalue weighted by Gasteiger charge is -2.05. The van der Waals surface area contributed by atoms with Gasteiger partial charge in [0.1, 0.15) is 5.69 Å². The Kier molecular flexibility index (Phi) is 4.76. The first kappa shape index (κ1) is 14.1. The summed E-state index contributed by atoms with van der Waals surface area (Å²) in [6.07, 6.45) is 1.72. The maximum Gasteiger partial charge on any atom is 0.226 e. The number of fused-ring (bicyclic) bond motifs is 1. The molecule has 0 aromatic carbocycles. The summed E-state index contributed by atoms with van der Waals surface area (Å²) >= 11 is 0. The van der Waals surface area contributed by atoms with Crippen LogP contribution in [0.3, 0.4) is 0 Å². The quantitative estimate of drug-likeness (QED) is 0.604. The summed E-state index contributed by atoms with van der Waals surface area (Å²) < 4.78 is 4.67. The van der Waals surface area contributed by atoms with Crippen LogP contribution < -0.4 is 0 Å². The molecule has 18 heavy (non-hydrogen) atoms. The Bertz CT molecular complexity index is 545. The molecule has 0 bridgehead atoms. The van der Waals surface area contributed by atoms with Crippen LogP contribution in [0.15, 0.2) is 9.62 Å². The van der Waals surface area contributed by atoms with Gasteiger partial charge in [-0.25, -0.2) is 14.6 Å². The van der Waals surface area contributed by atoms with E-state index in [4.69, 9.17) is 0 Å². The fourth-order valence-corrected chi connectivity index (χ4v) is 1.33. The van der Waals surface area contributed by atoms with E-state index in [0.29, 0.717) is 11.2 Å². The van der Waals surface area contributed by atoms with Crippen LogP contribution >= 0.6 is 0 Å². The van der Waals surface area contributed by atoms with Crippen molar-refractivity contribution in [1.82, 2.24) is 20.2 Å². The van der Waals surface area contributed by atoms with Crippen LogP contribution in [0.4, 0.5) is 5.69 Å². The van der Waals surface area contributed by atoms with Crippen LogP contribution in [-0.2, 0) is 0 Å². The summed E-state index contributed by atoms with van der Waals surface area (Å²) in [4.78, 5) is 10.5. The number of hydrogen-bond acceptors (Lipinski definition) is 5. The van der Waals surface area contributed by atoms with Gasteiger partial charge in [0, 0.05) is 19.8 Å². The average Bonchev–Trinajstić information content (AvgIpc) is 2.79. The van der Waals surface area contributed by atoms with Crippen molar-refractivity contribution >= 4 is 23.2 Å². The van der Waals surface area contributed by atoms with Crippen molar-refractivity contribution in [3.8, 4) is 0 Å². The van der Waals surface area contributed by atoms with Crippen LogP contribution in [0, 0.1) is 13.8 Å². The molecule has 0 radical (unpaired) electrons. The zero-order valence-corrected chi connectivity index (χ0v) is 11.7. The number of rotatable bonds is 2. The molecule has 0 aliphatic carbocycles. The molecule has 6 heteroatoms. The maximum absolute atomic E-state index is 4.67. The van der Waals surface area contributed by atoms with Crippen molar-refractivity contribution in [1.29, 1.82) is 0 Å². The Morgan fingerprint density at radius 3 is 2.44 bits per heavy atom. The summed E-state index contributed by atoms with van der Waals surface area (Å²) in [5.41, 5.74) is 3.73. The first-order valence-electron chi connectivity index (χ1n) is 5.89. The second-order valence-electron chi connectivity index (χ2n) is 3.82. The Morgan fingerprint density at radius 2 is 1.83 bits per heavy atom. The molecule has 0 saturated carbocycles. The van der Waals surface area contributed by atoms with E-state index < -0.39 is 0 Å². The fraction of sp³-hybridized carbons (Fsp3) is 0.500. The third-order valence-electron chi connectivity index (χ3n) is 2.28. The Morgan fingerprint density at radius 1 is 1.17 bits per heavy atom. The molecule has 2 aromatic heterocycles. The van der Waals surface area contributed by atoms with Crippen LogP contribution in [-0.4, -0.2) is 40.6 Å². The zero-order valence-electron chi connectivity index (χ0n) is 11.7. The lowest BCUT2D eigenvalue weighted by molar-refractivity contribution is 0.315. The van der Waals surface area contributed by atoms with Gasteiger partial charge in [0.15, 0.2) is 5.52 Å². The molecule has 2 heterocycles.